The molecule has 1 unspecified atom stereocenters. The van der Waals surface area contributed by atoms with E-state index in [0.29, 0.717) is 5.69 Å². The van der Waals surface area contributed by atoms with Gasteiger partial charge in [-0.15, -0.1) is 0 Å². The molecule has 210 valence electrons. The summed E-state index contributed by atoms with van der Waals surface area (Å²) in [6, 6.07) is 22.6. The lowest BCUT2D eigenvalue weighted by molar-refractivity contribution is -0.192. The molecule has 1 heterocycles. The molecule has 0 radical (unpaired) electrons. The van der Waals surface area contributed by atoms with Crippen molar-refractivity contribution in [2.45, 2.75) is 39.2 Å². The normalized spacial score (nSPS) is 11.9. The third-order valence-corrected chi connectivity index (χ3v) is 6.27. The smallest absolute Gasteiger partial charge is 0.475 e. The second-order valence-corrected chi connectivity index (χ2v) is 8.97. The Hall–Kier alpha value is -4.51. The van der Waals surface area contributed by atoms with Crippen LogP contribution in [0.15, 0.2) is 88.5 Å². The van der Waals surface area contributed by atoms with Gasteiger partial charge in [-0.05, 0) is 36.6 Å². The highest BCUT2D eigenvalue weighted by Crippen LogP contribution is 2.23. The lowest BCUT2D eigenvalue weighted by Crippen LogP contribution is -2.44. The molecule has 0 aliphatic heterocycles. The number of alkyl halides is 3. The van der Waals surface area contributed by atoms with E-state index in [-0.39, 0.29) is 24.2 Å². The van der Waals surface area contributed by atoms with Crippen molar-refractivity contribution in [1.82, 2.24) is 9.13 Å². The van der Waals surface area contributed by atoms with Crippen LogP contribution in [0, 0.1) is 19.7 Å². The quantitative estimate of drug-likeness (QED) is 0.331. The number of nitrogens with zero attached hydrogens (tertiary/aromatic N) is 2. The van der Waals surface area contributed by atoms with Gasteiger partial charge >= 0.3 is 17.8 Å². The van der Waals surface area contributed by atoms with Crippen molar-refractivity contribution in [3.8, 4) is 11.1 Å². The summed E-state index contributed by atoms with van der Waals surface area (Å²) in [6.45, 7) is 3.90. The molecule has 0 amide bonds. The summed E-state index contributed by atoms with van der Waals surface area (Å²) in [5, 5.41) is 7.12. The number of aromatic nitrogens is 2. The summed E-state index contributed by atoms with van der Waals surface area (Å²) >= 11 is 0. The van der Waals surface area contributed by atoms with E-state index in [1.54, 1.807) is 25.1 Å². The first kappa shape index (κ1) is 30.0. The van der Waals surface area contributed by atoms with Gasteiger partial charge in [0.1, 0.15) is 5.82 Å². The lowest BCUT2D eigenvalue weighted by atomic mass is 10.0. The van der Waals surface area contributed by atoms with Gasteiger partial charge in [-0.1, -0.05) is 72.8 Å². The van der Waals surface area contributed by atoms with Crippen LogP contribution in [0.2, 0.25) is 0 Å². The largest absolute Gasteiger partial charge is 0.490 e. The predicted molar refractivity (Wildman–Crippen MR) is 142 cm³/mol. The lowest BCUT2D eigenvalue weighted by Gasteiger charge is -2.20. The molecule has 0 aliphatic carbocycles. The summed E-state index contributed by atoms with van der Waals surface area (Å²) in [5.74, 6) is -3.27. The molecule has 3 N–H and O–H groups in total. The van der Waals surface area contributed by atoms with Crippen molar-refractivity contribution in [2.75, 3.05) is 0 Å². The maximum atomic E-state index is 14.8. The Labute approximate surface area is 226 Å². The molecule has 40 heavy (non-hydrogen) atoms. The minimum atomic E-state index is -5.08. The average Bonchev–Trinajstić information content (AvgIpc) is 2.91. The van der Waals surface area contributed by atoms with Gasteiger partial charge in [0.25, 0.3) is 5.56 Å². The van der Waals surface area contributed by atoms with Crippen LogP contribution in [0.25, 0.3) is 11.1 Å². The molecule has 11 heteroatoms. The number of benzene rings is 3. The monoisotopic (exact) mass is 557 g/mol. The van der Waals surface area contributed by atoms with Gasteiger partial charge in [-0.2, -0.15) is 13.2 Å². The van der Waals surface area contributed by atoms with E-state index in [2.05, 4.69) is 0 Å². The molecule has 3 aromatic carbocycles. The Kier molecular flexibility index (Phi) is 9.43. The highest BCUT2D eigenvalue weighted by Gasteiger charge is 2.38. The number of carbonyl (C=O) groups is 1. The fourth-order valence-electron chi connectivity index (χ4n) is 4.08. The van der Waals surface area contributed by atoms with Crippen molar-refractivity contribution in [1.29, 1.82) is 0 Å². The maximum absolute atomic E-state index is 14.8. The fourth-order valence-corrected chi connectivity index (χ4v) is 4.08. The Morgan fingerprint density at radius 2 is 1.45 bits per heavy atom. The predicted octanol–water partition coefficient (Wildman–Crippen LogP) is 4.81. The van der Waals surface area contributed by atoms with Gasteiger partial charge in [0.2, 0.25) is 0 Å². The second kappa shape index (κ2) is 12.6. The summed E-state index contributed by atoms with van der Waals surface area (Å²) in [4.78, 5) is 36.0. The third kappa shape index (κ3) is 6.92. The molecule has 0 fully saturated rings. The molecule has 0 saturated heterocycles. The van der Waals surface area contributed by atoms with Crippen LogP contribution in [0.1, 0.15) is 28.4 Å². The van der Waals surface area contributed by atoms with Gasteiger partial charge < -0.3 is 10.8 Å². The van der Waals surface area contributed by atoms with Gasteiger partial charge in [0, 0.05) is 17.3 Å². The van der Waals surface area contributed by atoms with Crippen molar-refractivity contribution in [3.05, 3.63) is 128 Å². The first-order valence-corrected chi connectivity index (χ1v) is 12.1. The van der Waals surface area contributed by atoms with Crippen LogP contribution in [0.5, 0.6) is 0 Å². The molecule has 4 rings (SSSR count). The fraction of sp³-hybridized carbons (Fsp3) is 0.207. The van der Waals surface area contributed by atoms with Gasteiger partial charge in [0.05, 0.1) is 18.7 Å². The number of nitrogens with two attached hydrogens (primary N) is 1. The number of aryl methyl sites for hydroxylation is 1. The van der Waals surface area contributed by atoms with Crippen molar-refractivity contribution in [2.24, 2.45) is 5.73 Å². The number of hydrogen-bond donors (Lipinski definition) is 2. The molecular weight excluding hydrogens is 530 g/mol. The average molecular weight is 558 g/mol. The first-order chi connectivity index (χ1) is 18.8. The number of rotatable bonds is 6. The zero-order chi connectivity index (χ0) is 29.6. The minimum Gasteiger partial charge on any atom is -0.475 e. The molecule has 4 aromatic rings. The van der Waals surface area contributed by atoms with Crippen LogP contribution in [0.3, 0.4) is 0 Å². The van der Waals surface area contributed by atoms with Crippen LogP contribution in [-0.2, 0) is 17.9 Å². The standard InChI is InChI=1S/C27H26FN3O2.C2HF3O2/c1-18-10-6-7-13-21(18)16-30-19(2)25(22-14-8-9-15-23(22)28)26(32)31(27(30)33)17-24(29)20-11-4-3-5-12-20;3-2(4,5)1(6)7/h3-15,24H,16-17,29H2,1-2H3;(H,6,7). The summed E-state index contributed by atoms with van der Waals surface area (Å²) in [5.41, 5.74) is 8.88. The molecule has 1 aromatic heterocycles. The zero-order valence-corrected chi connectivity index (χ0v) is 21.7. The van der Waals surface area contributed by atoms with Gasteiger partial charge in [0.15, 0.2) is 0 Å². The van der Waals surface area contributed by atoms with E-state index in [1.165, 1.54) is 10.6 Å². The zero-order valence-electron chi connectivity index (χ0n) is 21.7. The number of hydrogen-bond acceptors (Lipinski definition) is 4. The Bertz CT molecular complexity index is 1610. The van der Waals surface area contributed by atoms with E-state index >= 15 is 0 Å². The SMILES string of the molecule is Cc1ccccc1Cn1c(C)c(-c2ccccc2F)c(=O)n(CC(N)c2ccccc2)c1=O.O=C(O)C(F)(F)F. The van der Waals surface area contributed by atoms with E-state index in [4.69, 9.17) is 15.6 Å². The van der Waals surface area contributed by atoms with Gasteiger partial charge in [-0.3, -0.25) is 13.9 Å². The Morgan fingerprint density at radius 3 is 2.02 bits per heavy atom. The first-order valence-electron chi connectivity index (χ1n) is 12.1. The molecule has 0 saturated carbocycles. The molecular formula is C29H27F4N3O4. The van der Waals surface area contributed by atoms with Crippen LogP contribution >= 0.6 is 0 Å². The third-order valence-electron chi connectivity index (χ3n) is 6.27. The summed E-state index contributed by atoms with van der Waals surface area (Å²) in [7, 11) is 0. The van der Waals surface area contributed by atoms with Crippen LogP contribution in [0.4, 0.5) is 17.6 Å². The van der Waals surface area contributed by atoms with Crippen LogP contribution < -0.4 is 17.0 Å². The number of carboxylic acids is 1. The van der Waals surface area contributed by atoms with Crippen molar-refractivity contribution < 1.29 is 27.5 Å². The van der Waals surface area contributed by atoms with E-state index in [0.717, 1.165) is 21.3 Å². The maximum Gasteiger partial charge on any atom is 0.490 e. The molecule has 0 aliphatic rings. The molecule has 0 bridgehead atoms. The molecule has 0 spiro atoms. The van der Waals surface area contributed by atoms with Crippen molar-refractivity contribution in [3.63, 3.8) is 0 Å². The Balaban J connectivity index is 0.000000559. The second-order valence-electron chi connectivity index (χ2n) is 8.97. The molecule has 7 nitrogen and oxygen atoms in total. The minimum absolute atomic E-state index is 0.0167. The Morgan fingerprint density at radius 1 is 0.900 bits per heavy atom. The van der Waals surface area contributed by atoms with Crippen molar-refractivity contribution >= 4 is 5.97 Å². The highest BCUT2D eigenvalue weighted by molar-refractivity contribution is 5.73. The highest BCUT2D eigenvalue weighted by atomic mass is 19.4. The van der Waals surface area contributed by atoms with E-state index < -0.39 is 35.3 Å². The van der Waals surface area contributed by atoms with E-state index in [1.807, 2.05) is 61.5 Å². The summed E-state index contributed by atoms with van der Waals surface area (Å²) in [6.07, 6.45) is -5.08. The van der Waals surface area contributed by atoms with Crippen LogP contribution in [-0.4, -0.2) is 26.4 Å². The topological polar surface area (TPSA) is 107 Å². The molecule has 1 atom stereocenters. The van der Waals surface area contributed by atoms with E-state index in [9.17, 15) is 27.2 Å². The summed E-state index contributed by atoms with van der Waals surface area (Å²) < 4.78 is 49.2. The number of carboxylic acid groups (broad SMARTS) is 1. The van der Waals surface area contributed by atoms with Gasteiger partial charge in [-0.25, -0.2) is 14.0 Å². The number of aliphatic carboxylic acids is 1. The number of halogens is 4.